The topological polar surface area (TPSA) is 30.5 Å². The Labute approximate surface area is 105 Å². The molecule has 0 bridgehead atoms. The minimum absolute atomic E-state index is 0.274. The van der Waals surface area contributed by atoms with E-state index in [4.69, 9.17) is 9.47 Å². The van der Waals surface area contributed by atoms with Gasteiger partial charge in [0, 0.05) is 5.56 Å². The van der Waals surface area contributed by atoms with Crippen LogP contribution in [0.25, 0.3) is 0 Å². The lowest BCUT2D eigenvalue weighted by atomic mass is 9.99. The molecule has 0 aliphatic carbocycles. The van der Waals surface area contributed by atoms with Gasteiger partial charge in [0.25, 0.3) is 0 Å². The molecule has 18 heavy (non-hydrogen) atoms. The van der Waals surface area contributed by atoms with Crippen LogP contribution in [0.1, 0.15) is 17.2 Å². The third-order valence-corrected chi connectivity index (χ3v) is 3.14. The van der Waals surface area contributed by atoms with E-state index in [9.17, 15) is 8.78 Å². The van der Waals surface area contributed by atoms with Crippen molar-refractivity contribution in [2.45, 2.75) is 19.1 Å². The average Bonchev–Trinajstić information content (AvgIpc) is 2.38. The second-order valence-corrected chi connectivity index (χ2v) is 4.37. The van der Waals surface area contributed by atoms with Crippen molar-refractivity contribution < 1.29 is 18.3 Å². The Bertz CT molecular complexity index is 420. The largest absolute Gasteiger partial charge is 0.376 e. The SMILES string of the molecule is CNC(c1cc(F)c(C)cc1F)C1COCCO1. The Kier molecular flexibility index (Phi) is 4.27. The van der Waals surface area contributed by atoms with E-state index in [1.165, 1.54) is 19.1 Å². The molecule has 1 aliphatic heterocycles. The molecule has 1 saturated heterocycles. The number of hydrogen-bond acceptors (Lipinski definition) is 3. The first kappa shape index (κ1) is 13.4. The second-order valence-electron chi connectivity index (χ2n) is 4.37. The van der Waals surface area contributed by atoms with E-state index in [2.05, 4.69) is 5.32 Å². The van der Waals surface area contributed by atoms with Crippen molar-refractivity contribution >= 4 is 0 Å². The molecule has 1 aromatic rings. The van der Waals surface area contributed by atoms with E-state index in [1.54, 1.807) is 7.05 Å². The van der Waals surface area contributed by atoms with Gasteiger partial charge in [0.1, 0.15) is 17.7 Å². The Morgan fingerprint density at radius 3 is 2.67 bits per heavy atom. The first-order valence-corrected chi connectivity index (χ1v) is 5.95. The summed E-state index contributed by atoms with van der Waals surface area (Å²) in [5, 5.41) is 2.96. The van der Waals surface area contributed by atoms with Crippen LogP contribution in [-0.2, 0) is 9.47 Å². The molecule has 0 saturated carbocycles. The van der Waals surface area contributed by atoms with Gasteiger partial charge in [-0.05, 0) is 31.7 Å². The van der Waals surface area contributed by atoms with Gasteiger partial charge in [-0.15, -0.1) is 0 Å². The molecule has 2 rings (SSSR count). The monoisotopic (exact) mass is 257 g/mol. The average molecular weight is 257 g/mol. The van der Waals surface area contributed by atoms with Crippen LogP contribution in [0.15, 0.2) is 12.1 Å². The maximum Gasteiger partial charge on any atom is 0.128 e. The third kappa shape index (κ3) is 2.68. The summed E-state index contributed by atoms with van der Waals surface area (Å²) in [5.74, 6) is -0.842. The predicted molar refractivity (Wildman–Crippen MR) is 63.5 cm³/mol. The van der Waals surface area contributed by atoms with Crippen molar-refractivity contribution in [2.75, 3.05) is 26.9 Å². The van der Waals surface area contributed by atoms with E-state index < -0.39 is 17.7 Å². The fourth-order valence-corrected chi connectivity index (χ4v) is 2.14. The third-order valence-electron chi connectivity index (χ3n) is 3.14. The van der Waals surface area contributed by atoms with Crippen LogP contribution in [0.4, 0.5) is 8.78 Å². The minimum Gasteiger partial charge on any atom is -0.376 e. The molecule has 2 unspecified atom stereocenters. The highest BCUT2D eigenvalue weighted by Crippen LogP contribution is 2.25. The molecule has 5 heteroatoms. The van der Waals surface area contributed by atoms with Gasteiger partial charge in [-0.25, -0.2) is 8.78 Å². The molecule has 0 amide bonds. The number of ether oxygens (including phenoxy) is 2. The first-order valence-electron chi connectivity index (χ1n) is 5.95. The van der Waals surface area contributed by atoms with E-state index in [1.807, 2.05) is 0 Å². The number of benzene rings is 1. The number of rotatable bonds is 3. The van der Waals surface area contributed by atoms with Crippen molar-refractivity contribution in [1.82, 2.24) is 5.32 Å². The van der Waals surface area contributed by atoms with Crippen molar-refractivity contribution in [1.29, 1.82) is 0 Å². The van der Waals surface area contributed by atoms with Gasteiger partial charge >= 0.3 is 0 Å². The van der Waals surface area contributed by atoms with Crippen LogP contribution in [0.3, 0.4) is 0 Å². The van der Waals surface area contributed by atoms with Crippen molar-refractivity contribution in [3.05, 3.63) is 34.9 Å². The highest BCUT2D eigenvalue weighted by atomic mass is 19.1. The number of halogens is 2. The zero-order chi connectivity index (χ0) is 13.1. The Hall–Kier alpha value is -1.04. The highest BCUT2D eigenvalue weighted by Gasteiger charge is 2.28. The highest BCUT2D eigenvalue weighted by molar-refractivity contribution is 5.28. The van der Waals surface area contributed by atoms with Crippen LogP contribution in [0.5, 0.6) is 0 Å². The summed E-state index contributed by atoms with van der Waals surface area (Å²) in [6.07, 6.45) is -0.305. The summed E-state index contributed by atoms with van der Waals surface area (Å²) in [6, 6.07) is 2.02. The van der Waals surface area contributed by atoms with Gasteiger partial charge in [0.2, 0.25) is 0 Å². The summed E-state index contributed by atoms with van der Waals surface area (Å²) in [5.41, 5.74) is 0.572. The maximum absolute atomic E-state index is 13.9. The fraction of sp³-hybridized carbons (Fsp3) is 0.538. The lowest BCUT2D eigenvalue weighted by Crippen LogP contribution is -2.39. The van der Waals surface area contributed by atoms with Crippen LogP contribution >= 0.6 is 0 Å². The summed E-state index contributed by atoms with van der Waals surface area (Å²) < 4.78 is 38.3. The molecule has 1 heterocycles. The number of hydrogen-bond donors (Lipinski definition) is 1. The summed E-state index contributed by atoms with van der Waals surface area (Å²) in [7, 11) is 1.69. The predicted octanol–water partition coefficient (Wildman–Crippen LogP) is 1.95. The van der Waals surface area contributed by atoms with Gasteiger partial charge in [-0.3, -0.25) is 0 Å². The molecule has 0 aromatic heterocycles. The van der Waals surface area contributed by atoms with Crippen molar-refractivity contribution in [2.24, 2.45) is 0 Å². The van der Waals surface area contributed by atoms with E-state index >= 15 is 0 Å². The number of nitrogens with one attached hydrogen (secondary N) is 1. The fourth-order valence-electron chi connectivity index (χ4n) is 2.14. The standard InChI is InChI=1S/C13H17F2NO2/c1-8-5-11(15)9(6-10(8)14)13(16-2)12-7-17-3-4-18-12/h5-6,12-13,16H,3-4,7H2,1-2H3. The molecule has 3 nitrogen and oxygen atoms in total. The molecule has 0 spiro atoms. The molecule has 2 atom stereocenters. The molecule has 100 valence electrons. The van der Waals surface area contributed by atoms with Crippen molar-refractivity contribution in [3.63, 3.8) is 0 Å². The van der Waals surface area contributed by atoms with Crippen LogP contribution in [0.2, 0.25) is 0 Å². The number of aryl methyl sites for hydroxylation is 1. The van der Waals surface area contributed by atoms with Gasteiger partial charge in [0.05, 0.1) is 25.9 Å². The molecular weight excluding hydrogens is 240 g/mol. The smallest absolute Gasteiger partial charge is 0.128 e. The number of likely N-dealkylation sites (N-methyl/N-ethyl adjacent to an activating group) is 1. The summed E-state index contributed by atoms with van der Waals surface area (Å²) >= 11 is 0. The molecule has 1 N–H and O–H groups in total. The molecule has 0 radical (unpaired) electrons. The Balaban J connectivity index is 2.28. The Morgan fingerprint density at radius 1 is 1.28 bits per heavy atom. The van der Waals surface area contributed by atoms with E-state index in [-0.39, 0.29) is 11.7 Å². The van der Waals surface area contributed by atoms with E-state index in [0.717, 1.165) is 0 Å². The molecule has 1 aliphatic rings. The van der Waals surface area contributed by atoms with Crippen LogP contribution < -0.4 is 5.32 Å². The normalized spacial score (nSPS) is 21.9. The van der Waals surface area contributed by atoms with E-state index in [0.29, 0.717) is 25.4 Å². The summed E-state index contributed by atoms with van der Waals surface area (Å²) in [6.45, 7) is 2.92. The maximum atomic E-state index is 13.9. The van der Waals surface area contributed by atoms with Gasteiger partial charge in [0.15, 0.2) is 0 Å². The zero-order valence-corrected chi connectivity index (χ0v) is 10.5. The van der Waals surface area contributed by atoms with Gasteiger partial charge in [-0.2, -0.15) is 0 Å². The second kappa shape index (κ2) is 5.73. The molecule has 1 fully saturated rings. The molecule has 1 aromatic carbocycles. The van der Waals surface area contributed by atoms with Crippen LogP contribution in [0, 0.1) is 18.6 Å². The first-order chi connectivity index (χ1) is 8.63. The lowest BCUT2D eigenvalue weighted by Gasteiger charge is -2.30. The van der Waals surface area contributed by atoms with Gasteiger partial charge < -0.3 is 14.8 Å². The molecular formula is C13H17F2NO2. The zero-order valence-electron chi connectivity index (χ0n) is 10.5. The lowest BCUT2D eigenvalue weighted by molar-refractivity contribution is -0.102. The van der Waals surface area contributed by atoms with Gasteiger partial charge in [-0.1, -0.05) is 0 Å². The van der Waals surface area contributed by atoms with Crippen molar-refractivity contribution in [3.8, 4) is 0 Å². The minimum atomic E-state index is -0.428. The van der Waals surface area contributed by atoms with Crippen LogP contribution in [-0.4, -0.2) is 33.0 Å². The Morgan fingerprint density at radius 2 is 2.06 bits per heavy atom. The quantitative estimate of drug-likeness (QED) is 0.897. The summed E-state index contributed by atoms with van der Waals surface area (Å²) in [4.78, 5) is 0.